The molecule has 1 aliphatic rings. The molecule has 2 aromatic carbocycles. The maximum atomic E-state index is 13.2. The zero-order valence-electron chi connectivity index (χ0n) is 19.4. The first-order chi connectivity index (χ1) is 17.3. The summed E-state index contributed by atoms with van der Waals surface area (Å²) in [6.07, 6.45) is 1.80. The molecule has 35 heavy (non-hydrogen) atoms. The average Bonchev–Trinajstić information content (AvgIpc) is 3.59. The van der Waals surface area contributed by atoms with Gasteiger partial charge < -0.3 is 14.8 Å². The van der Waals surface area contributed by atoms with Gasteiger partial charge in [-0.05, 0) is 41.3 Å². The van der Waals surface area contributed by atoms with Crippen LogP contribution in [0.1, 0.15) is 15.9 Å². The van der Waals surface area contributed by atoms with E-state index in [-0.39, 0.29) is 5.91 Å². The minimum Gasteiger partial charge on any atom is -0.492 e. The van der Waals surface area contributed by atoms with Crippen molar-refractivity contribution in [1.82, 2.24) is 20.0 Å². The molecule has 0 spiro atoms. The Morgan fingerprint density at radius 2 is 1.91 bits per heavy atom. The third kappa shape index (κ3) is 5.97. The molecule has 1 aliphatic heterocycles. The second-order valence-corrected chi connectivity index (χ2v) is 9.23. The lowest BCUT2D eigenvalue weighted by Crippen LogP contribution is -2.38. The maximum Gasteiger partial charge on any atom is 0.255 e. The quantitative estimate of drug-likeness (QED) is 0.382. The molecule has 5 rings (SSSR count). The van der Waals surface area contributed by atoms with Crippen molar-refractivity contribution in [2.75, 3.05) is 39.5 Å². The van der Waals surface area contributed by atoms with Gasteiger partial charge in [0, 0.05) is 32.4 Å². The van der Waals surface area contributed by atoms with Crippen LogP contribution in [-0.2, 0) is 11.3 Å². The lowest BCUT2D eigenvalue weighted by atomic mass is 10.2. The lowest BCUT2D eigenvalue weighted by molar-refractivity contribution is 0.0322. The minimum absolute atomic E-state index is 0.158. The Hall–Kier alpha value is -3.46. The van der Waals surface area contributed by atoms with Gasteiger partial charge in [0.05, 0.1) is 29.3 Å². The third-order valence-corrected chi connectivity index (χ3v) is 6.74. The number of hydrogen-bond donors (Lipinski definition) is 1. The largest absolute Gasteiger partial charge is 0.492 e. The van der Waals surface area contributed by atoms with Gasteiger partial charge >= 0.3 is 0 Å². The van der Waals surface area contributed by atoms with Crippen molar-refractivity contribution < 1.29 is 14.3 Å². The van der Waals surface area contributed by atoms with E-state index in [1.165, 1.54) is 0 Å². The van der Waals surface area contributed by atoms with Crippen LogP contribution < -0.4 is 10.1 Å². The van der Waals surface area contributed by atoms with Gasteiger partial charge in [-0.1, -0.05) is 36.4 Å². The number of rotatable bonds is 9. The standard InChI is InChI=1S/C27H28N4O3S/c32-27(24-20-31(22-7-2-1-3-8-22)29-26(24)25-10-5-17-35-25)28-19-21-6-4-9-23(18-21)34-16-13-30-11-14-33-15-12-30/h1-10,17-18,20H,11-16,19H2,(H,28,32). The van der Waals surface area contributed by atoms with Crippen molar-refractivity contribution in [2.24, 2.45) is 0 Å². The highest BCUT2D eigenvalue weighted by Crippen LogP contribution is 2.28. The summed E-state index contributed by atoms with van der Waals surface area (Å²) in [5, 5.41) is 9.76. The third-order valence-electron chi connectivity index (χ3n) is 5.87. The predicted octanol–water partition coefficient (Wildman–Crippen LogP) is 4.24. The molecule has 0 saturated carbocycles. The molecule has 7 nitrogen and oxygen atoms in total. The number of aromatic nitrogens is 2. The van der Waals surface area contributed by atoms with Gasteiger partial charge in [0.25, 0.3) is 5.91 Å². The fourth-order valence-corrected chi connectivity index (χ4v) is 4.71. The molecule has 3 heterocycles. The highest BCUT2D eigenvalue weighted by molar-refractivity contribution is 7.13. The number of hydrogen-bond acceptors (Lipinski definition) is 6. The first-order valence-electron chi connectivity index (χ1n) is 11.8. The summed E-state index contributed by atoms with van der Waals surface area (Å²) in [7, 11) is 0. The van der Waals surface area contributed by atoms with E-state index in [1.54, 1.807) is 22.2 Å². The number of nitrogens with one attached hydrogen (secondary N) is 1. The highest BCUT2D eigenvalue weighted by Gasteiger charge is 2.19. The Morgan fingerprint density at radius 3 is 2.71 bits per heavy atom. The maximum absolute atomic E-state index is 13.2. The topological polar surface area (TPSA) is 68.6 Å². The smallest absolute Gasteiger partial charge is 0.255 e. The molecule has 0 aliphatic carbocycles. The minimum atomic E-state index is -0.158. The molecule has 0 radical (unpaired) electrons. The number of ether oxygens (including phenoxy) is 2. The number of morpholine rings is 1. The van der Waals surface area contributed by atoms with Crippen molar-refractivity contribution in [2.45, 2.75) is 6.54 Å². The van der Waals surface area contributed by atoms with Gasteiger partial charge in [0.1, 0.15) is 18.1 Å². The molecule has 0 unspecified atom stereocenters. The zero-order chi connectivity index (χ0) is 23.9. The van der Waals surface area contributed by atoms with Gasteiger partial charge in [0.15, 0.2) is 0 Å². The first-order valence-corrected chi connectivity index (χ1v) is 12.6. The molecule has 2 aromatic heterocycles. The summed E-state index contributed by atoms with van der Waals surface area (Å²) < 4.78 is 13.1. The van der Waals surface area contributed by atoms with E-state index in [1.807, 2.05) is 72.1 Å². The van der Waals surface area contributed by atoms with E-state index in [9.17, 15) is 4.79 Å². The number of nitrogens with zero attached hydrogens (tertiary/aromatic N) is 3. The van der Waals surface area contributed by atoms with Crippen molar-refractivity contribution in [3.63, 3.8) is 0 Å². The number of carbonyl (C=O) groups excluding carboxylic acids is 1. The molecule has 1 fully saturated rings. The van der Waals surface area contributed by atoms with Gasteiger partial charge in [-0.15, -0.1) is 11.3 Å². The fourth-order valence-electron chi connectivity index (χ4n) is 3.99. The average molecular weight is 489 g/mol. The van der Waals surface area contributed by atoms with E-state index in [2.05, 4.69) is 10.2 Å². The zero-order valence-corrected chi connectivity index (χ0v) is 20.2. The molecule has 0 bridgehead atoms. The fraction of sp³-hybridized carbons (Fsp3) is 0.259. The van der Waals surface area contributed by atoms with Gasteiger partial charge in [-0.3, -0.25) is 9.69 Å². The van der Waals surface area contributed by atoms with E-state index >= 15 is 0 Å². The Morgan fingerprint density at radius 1 is 1.06 bits per heavy atom. The normalized spacial score (nSPS) is 14.1. The van der Waals surface area contributed by atoms with Crippen LogP contribution in [0.25, 0.3) is 16.3 Å². The van der Waals surface area contributed by atoms with E-state index in [0.29, 0.717) is 24.4 Å². The molecule has 4 aromatic rings. The molecule has 180 valence electrons. The van der Waals surface area contributed by atoms with Crippen LogP contribution in [0, 0.1) is 0 Å². The van der Waals surface area contributed by atoms with Crippen LogP contribution in [0.5, 0.6) is 5.75 Å². The van der Waals surface area contributed by atoms with E-state index < -0.39 is 0 Å². The Kier molecular flexibility index (Phi) is 7.53. The summed E-state index contributed by atoms with van der Waals surface area (Å²) in [6.45, 7) is 5.37. The number of thiophene rings is 1. The van der Waals surface area contributed by atoms with Crippen LogP contribution in [0.15, 0.2) is 78.3 Å². The van der Waals surface area contributed by atoms with Gasteiger partial charge in [0.2, 0.25) is 0 Å². The first kappa shape index (κ1) is 23.3. The van der Waals surface area contributed by atoms with Crippen molar-refractivity contribution in [3.8, 4) is 22.0 Å². The summed E-state index contributed by atoms with van der Waals surface area (Å²) in [4.78, 5) is 16.5. The Bertz CT molecular complexity index is 1230. The van der Waals surface area contributed by atoms with Crippen molar-refractivity contribution >= 4 is 17.2 Å². The SMILES string of the molecule is O=C(NCc1cccc(OCCN2CCOCC2)c1)c1cn(-c2ccccc2)nc1-c1cccs1. The number of para-hydroxylation sites is 1. The van der Waals surface area contributed by atoms with Gasteiger partial charge in [-0.25, -0.2) is 4.68 Å². The second kappa shape index (κ2) is 11.3. The molecule has 8 heteroatoms. The number of amides is 1. The molecule has 1 amide bonds. The molecular formula is C27H28N4O3S. The summed E-state index contributed by atoms with van der Waals surface area (Å²) in [6, 6.07) is 21.6. The summed E-state index contributed by atoms with van der Waals surface area (Å²) in [5.41, 5.74) is 3.12. The number of carbonyl (C=O) groups is 1. The van der Waals surface area contributed by atoms with Crippen LogP contribution in [0.4, 0.5) is 0 Å². The van der Waals surface area contributed by atoms with Crippen molar-refractivity contribution in [3.05, 3.63) is 89.4 Å². The molecule has 1 N–H and O–H groups in total. The van der Waals surface area contributed by atoms with E-state index in [0.717, 1.165) is 54.7 Å². The monoisotopic (exact) mass is 488 g/mol. The molecule has 1 saturated heterocycles. The summed E-state index contributed by atoms with van der Waals surface area (Å²) >= 11 is 1.57. The Labute approximate surface area is 208 Å². The van der Waals surface area contributed by atoms with Crippen LogP contribution >= 0.6 is 11.3 Å². The lowest BCUT2D eigenvalue weighted by Gasteiger charge is -2.26. The van der Waals surface area contributed by atoms with Crippen LogP contribution in [0.3, 0.4) is 0 Å². The van der Waals surface area contributed by atoms with Gasteiger partial charge in [-0.2, -0.15) is 5.10 Å². The Balaban J connectivity index is 1.24. The predicted molar refractivity (Wildman–Crippen MR) is 137 cm³/mol. The highest BCUT2D eigenvalue weighted by atomic mass is 32.1. The van der Waals surface area contributed by atoms with Crippen LogP contribution in [0.2, 0.25) is 0 Å². The second-order valence-electron chi connectivity index (χ2n) is 8.28. The van der Waals surface area contributed by atoms with E-state index in [4.69, 9.17) is 14.6 Å². The number of benzene rings is 2. The summed E-state index contributed by atoms with van der Waals surface area (Å²) in [5.74, 6) is 0.649. The van der Waals surface area contributed by atoms with Crippen LogP contribution in [-0.4, -0.2) is 60.0 Å². The van der Waals surface area contributed by atoms with Crippen molar-refractivity contribution in [1.29, 1.82) is 0 Å². The molecule has 0 atom stereocenters. The molecular weight excluding hydrogens is 460 g/mol.